The van der Waals surface area contributed by atoms with Gasteiger partial charge in [-0.25, -0.2) is 12.8 Å². The molecule has 0 saturated heterocycles. The Morgan fingerprint density at radius 1 is 1.40 bits per heavy atom. The minimum atomic E-state index is -3.22. The number of halogens is 2. The highest BCUT2D eigenvalue weighted by molar-refractivity contribution is 7.90. The molecule has 15 heavy (non-hydrogen) atoms. The van der Waals surface area contributed by atoms with Gasteiger partial charge in [0, 0.05) is 5.56 Å². The van der Waals surface area contributed by atoms with Crippen LogP contribution in [0.4, 0.5) is 4.39 Å². The maximum Gasteiger partial charge on any atom is 0.154 e. The van der Waals surface area contributed by atoms with E-state index in [-0.39, 0.29) is 22.1 Å². The fourth-order valence-corrected chi connectivity index (χ4v) is 2.94. The van der Waals surface area contributed by atoms with E-state index >= 15 is 0 Å². The Bertz CT molecular complexity index is 443. The third-order valence-electron chi connectivity index (χ3n) is 1.92. The van der Waals surface area contributed by atoms with Crippen molar-refractivity contribution in [2.75, 3.05) is 5.75 Å². The lowest BCUT2D eigenvalue weighted by Crippen LogP contribution is -2.09. The van der Waals surface area contributed by atoms with Gasteiger partial charge < -0.3 is 0 Å². The molecule has 1 rings (SSSR count). The molecule has 0 atom stereocenters. The standard InChI is InChI=1S/C10H12ClFO2S/c1-2-6-15(13,14)7-8-4-3-5-9(11)10(8)12/h3-5H,2,6-7H2,1H3. The monoisotopic (exact) mass is 250 g/mol. The third kappa shape index (κ3) is 3.47. The molecule has 84 valence electrons. The number of hydrogen-bond donors (Lipinski definition) is 0. The highest BCUT2D eigenvalue weighted by Crippen LogP contribution is 2.20. The summed E-state index contributed by atoms with van der Waals surface area (Å²) in [6.07, 6.45) is 0.532. The number of rotatable bonds is 4. The van der Waals surface area contributed by atoms with E-state index in [2.05, 4.69) is 0 Å². The van der Waals surface area contributed by atoms with Gasteiger partial charge in [-0.3, -0.25) is 0 Å². The van der Waals surface area contributed by atoms with Gasteiger partial charge in [0.1, 0.15) is 5.82 Å². The van der Waals surface area contributed by atoms with Crippen LogP contribution >= 0.6 is 11.6 Å². The molecule has 0 heterocycles. The van der Waals surface area contributed by atoms with Crippen LogP contribution in [0.3, 0.4) is 0 Å². The molecular formula is C10H12ClFO2S. The molecule has 0 unspecified atom stereocenters. The molecule has 2 nitrogen and oxygen atoms in total. The molecule has 0 radical (unpaired) electrons. The molecule has 0 aliphatic carbocycles. The number of hydrogen-bond acceptors (Lipinski definition) is 2. The van der Waals surface area contributed by atoms with Crippen molar-refractivity contribution in [3.05, 3.63) is 34.6 Å². The van der Waals surface area contributed by atoms with Crippen LogP contribution in [0.2, 0.25) is 5.02 Å². The summed E-state index contributed by atoms with van der Waals surface area (Å²) in [5.41, 5.74) is 0.135. The van der Waals surface area contributed by atoms with E-state index in [1.807, 2.05) is 0 Å². The fraction of sp³-hybridized carbons (Fsp3) is 0.400. The Labute approximate surface area is 94.0 Å². The third-order valence-corrected chi connectivity index (χ3v) is 4.00. The predicted octanol–water partition coefficient (Wildman–Crippen LogP) is 2.80. The smallest absolute Gasteiger partial charge is 0.154 e. The fourth-order valence-electron chi connectivity index (χ4n) is 1.28. The summed E-state index contributed by atoms with van der Waals surface area (Å²) < 4.78 is 36.3. The summed E-state index contributed by atoms with van der Waals surface area (Å²) in [6.45, 7) is 1.77. The first kappa shape index (κ1) is 12.5. The normalized spacial score (nSPS) is 11.7. The zero-order chi connectivity index (χ0) is 11.5. The maximum atomic E-state index is 13.4. The summed E-state index contributed by atoms with van der Waals surface area (Å²) in [5.74, 6) is -0.856. The van der Waals surface area contributed by atoms with E-state index in [9.17, 15) is 12.8 Å². The minimum absolute atomic E-state index is 0.0424. The van der Waals surface area contributed by atoms with Gasteiger partial charge in [-0.15, -0.1) is 0 Å². The summed E-state index contributed by atoms with van der Waals surface area (Å²) in [4.78, 5) is 0. The van der Waals surface area contributed by atoms with Crippen LogP contribution in [-0.2, 0) is 15.6 Å². The first-order valence-electron chi connectivity index (χ1n) is 4.59. The van der Waals surface area contributed by atoms with Crippen molar-refractivity contribution in [3.63, 3.8) is 0 Å². The highest BCUT2D eigenvalue weighted by atomic mass is 35.5. The molecule has 0 amide bonds. The van der Waals surface area contributed by atoms with Crippen molar-refractivity contribution in [2.45, 2.75) is 19.1 Å². The molecule has 5 heteroatoms. The van der Waals surface area contributed by atoms with Crippen LogP contribution in [0.25, 0.3) is 0 Å². The van der Waals surface area contributed by atoms with E-state index in [1.54, 1.807) is 13.0 Å². The van der Waals surface area contributed by atoms with Crippen LogP contribution in [0.5, 0.6) is 0 Å². The van der Waals surface area contributed by atoms with Gasteiger partial charge in [0.25, 0.3) is 0 Å². The van der Waals surface area contributed by atoms with E-state index in [0.29, 0.717) is 6.42 Å². The first-order valence-corrected chi connectivity index (χ1v) is 6.79. The van der Waals surface area contributed by atoms with Crippen molar-refractivity contribution in [2.24, 2.45) is 0 Å². The summed E-state index contributed by atoms with van der Waals surface area (Å²) >= 11 is 5.55. The molecule has 0 bridgehead atoms. The van der Waals surface area contributed by atoms with Crippen molar-refractivity contribution >= 4 is 21.4 Å². The Hall–Kier alpha value is -0.610. The number of sulfone groups is 1. The molecular weight excluding hydrogens is 239 g/mol. The molecule has 0 fully saturated rings. The largest absolute Gasteiger partial charge is 0.228 e. The van der Waals surface area contributed by atoms with Gasteiger partial charge in [-0.1, -0.05) is 30.7 Å². The Morgan fingerprint density at radius 2 is 2.07 bits per heavy atom. The molecule has 0 aliphatic heterocycles. The van der Waals surface area contributed by atoms with Gasteiger partial charge >= 0.3 is 0 Å². The maximum absolute atomic E-state index is 13.4. The lowest BCUT2D eigenvalue weighted by Gasteiger charge is -2.05. The average Bonchev–Trinajstić information content (AvgIpc) is 2.12. The zero-order valence-electron chi connectivity index (χ0n) is 8.33. The quantitative estimate of drug-likeness (QED) is 0.824. The Kier molecular flexibility index (Phi) is 4.11. The van der Waals surface area contributed by atoms with E-state index < -0.39 is 15.7 Å². The lowest BCUT2D eigenvalue weighted by molar-refractivity contribution is 0.586. The molecule has 0 saturated carbocycles. The number of benzene rings is 1. The van der Waals surface area contributed by atoms with E-state index in [4.69, 9.17) is 11.6 Å². The topological polar surface area (TPSA) is 34.1 Å². The second kappa shape index (κ2) is 4.94. The SMILES string of the molecule is CCCS(=O)(=O)Cc1cccc(Cl)c1F. The van der Waals surface area contributed by atoms with Gasteiger partial charge in [-0.2, -0.15) is 0 Å². The molecule has 0 aromatic heterocycles. The molecule has 1 aromatic carbocycles. The Balaban J connectivity index is 2.95. The minimum Gasteiger partial charge on any atom is -0.228 e. The van der Waals surface area contributed by atoms with E-state index in [0.717, 1.165) is 0 Å². The molecule has 0 spiro atoms. The van der Waals surface area contributed by atoms with Gasteiger partial charge in [0.15, 0.2) is 9.84 Å². The average molecular weight is 251 g/mol. The van der Waals surface area contributed by atoms with Crippen LogP contribution < -0.4 is 0 Å². The van der Waals surface area contributed by atoms with Crippen molar-refractivity contribution in [1.82, 2.24) is 0 Å². The summed E-state index contributed by atoms with van der Waals surface area (Å²) in [5, 5.41) is -0.0424. The molecule has 0 N–H and O–H groups in total. The van der Waals surface area contributed by atoms with Crippen LogP contribution in [0, 0.1) is 5.82 Å². The van der Waals surface area contributed by atoms with Gasteiger partial charge in [0.05, 0.1) is 16.5 Å². The van der Waals surface area contributed by atoms with Gasteiger partial charge in [-0.05, 0) is 12.5 Å². The lowest BCUT2D eigenvalue weighted by atomic mass is 10.2. The summed E-state index contributed by atoms with van der Waals surface area (Å²) in [6, 6.07) is 4.38. The van der Waals surface area contributed by atoms with Crippen LogP contribution in [-0.4, -0.2) is 14.2 Å². The van der Waals surface area contributed by atoms with E-state index in [1.165, 1.54) is 12.1 Å². The second-order valence-corrected chi connectivity index (χ2v) is 5.90. The second-order valence-electron chi connectivity index (χ2n) is 3.30. The van der Waals surface area contributed by atoms with Crippen LogP contribution in [0.15, 0.2) is 18.2 Å². The Morgan fingerprint density at radius 3 is 2.67 bits per heavy atom. The zero-order valence-corrected chi connectivity index (χ0v) is 9.91. The molecule has 1 aromatic rings. The van der Waals surface area contributed by atoms with Crippen molar-refractivity contribution < 1.29 is 12.8 Å². The van der Waals surface area contributed by atoms with Crippen LogP contribution in [0.1, 0.15) is 18.9 Å². The predicted molar refractivity (Wildman–Crippen MR) is 59.2 cm³/mol. The van der Waals surface area contributed by atoms with Crippen molar-refractivity contribution in [1.29, 1.82) is 0 Å². The first-order chi connectivity index (χ1) is 6.96. The highest BCUT2D eigenvalue weighted by Gasteiger charge is 2.15. The van der Waals surface area contributed by atoms with Gasteiger partial charge in [0.2, 0.25) is 0 Å². The molecule has 0 aliphatic rings. The summed E-state index contributed by atoms with van der Waals surface area (Å²) in [7, 11) is -3.22. The van der Waals surface area contributed by atoms with Crippen molar-refractivity contribution in [3.8, 4) is 0 Å².